The van der Waals surface area contributed by atoms with E-state index in [-0.39, 0.29) is 5.91 Å². The second-order valence-corrected chi connectivity index (χ2v) is 10.1. The Kier molecular flexibility index (Phi) is 8.26. The van der Waals surface area contributed by atoms with Crippen molar-refractivity contribution in [2.75, 3.05) is 38.7 Å². The van der Waals surface area contributed by atoms with Gasteiger partial charge < -0.3 is 25.2 Å². The summed E-state index contributed by atoms with van der Waals surface area (Å²) in [7, 11) is 1.59. The van der Waals surface area contributed by atoms with Crippen LogP contribution in [0.3, 0.4) is 0 Å². The second kappa shape index (κ2) is 12.0. The third-order valence-electron chi connectivity index (χ3n) is 6.92. The predicted molar refractivity (Wildman–Crippen MR) is 145 cm³/mol. The molecule has 2 aliphatic heterocycles. The molecule has 2 aromatic carbocycles. The molecule has 1 fully saturated rings. The summed E-state index contributed by atoms with van der Waals surface area (Å²) in [5.74, 6) is 1.25. The molecule has 0 saturated carbocycles. The molecule has 38 heavy (non-hydrogen) atoms. The van der Waals surface area contributed by atoms with E-state index in [1.165, 1.54) is 6.33 Å². The van der Waals surface area contributed by atoms with Crippen LogP contribution >= 0.6 is 11.6 Å². The van der Waals surface area contributed by atoms with Crippen LogP contribution in [0.4, 0.5) is 11.5 Å². The number of nitrogens with zero attached hydrogens (tertiary/aromatic N) is 3. The zero-order chi connectivity index (χ0) is 26.5. The summed E-state index contributed by atoms with van der Waals surface area (Å²) in [5.41, 5.74) is 3.68. The highest BCUT2D eigenvalue weighted by Crippen LogP contribution is 2.32. The number of fused-ring (bicyclic) bond motifs is 8. The number of rotatable bonds is 1. The Hall–Kier alpha value is -3.40. The minimum atomic E-state index is -0.656. The van der Waals surface area contributed by atoms with Crippen molar-refractivity contribution >= 4 is 29.0 Å². The van der Waals surface area contributed by atoms with Gasteiger partial charge in [-0.15, -0.1) is 0 Å². The standard InChI is InChI=1S/C28H32ClN5O4/c1-37-25-6-4-20-13-26(25)38-10-2-8-30-28(36)22-16-34(9-7-24(22)35)15-18-3-5-23(29)19(11-18)12-21-14-27(33-20)32-17-31-21/h3-6,11,13-14,17,22,24,35H,2,7-10,12,15-16H2,1H3,(H,30,36)(H,31,32,33). The minimum Gasteiger partial charge on any atom is -0.493 e. The number of amides is 1. The third-order valence-corrected chi connectivity index (χ3v) is 7.29. The summed E-state index contributed by atoms with van der Waals surface area (Å²) in [6, 6.07) is 13.5. The summed E-state index contributed by atoms with van der Waals surface area (Å²) in [5, 5.41) is 17.5. The molecule has 10 heteroatoms. The third kappa shape index (κ3) is 6.35. The van der Waals surface area contributed by atoms with Gasteiger partial charge in [0.15, 0.2) is 11.5 Å². The van der Waals surface area contributed by atoms with E-state index >= 15 is 0 Å². The Labute approximate surface area is 227 Å². The molecule has 8 bridgehead atoms. The fourth-order valence-electron chi connectivity index (χ4n) is 4.90. The number of ether oxygens (including phenoxy) is 2. The molecule has 2 aliphatic rings. The number of piperidine rings is 1. The SMILES string of the molecule is COc1ccc2cc1OCCCNC(=O)C1CN(CCC1O)Cc1ccc(Cl)c(c1)Cc1cc(ncn1)N2. The molecular weight excluding hydrogens is 506 g/mol. The van der Waals surface area contributed by atoms with Gasteiger partial charge in [0.25, 0.3) is 0 Å². The number of halogens is 1. The van der Waals surface area contributed by atoms with Crippen molar-refractivity contribution in [1.29, 1.82) is 0 Å². The van der Waals surface area contributed by atoms with Crippen LogP contribution in [0.15, 0.2) is 48.8 Å². The number of hydrogen-bond donors (Lipinski definition) is 3. The van der Waals surface area contributed by atoms with Crippen LogP contribution in [0.25, 0.3) is 0 Å². The van der Waals surface area contributed by atoms with E-state index in [1.807, 2.05) is 36.4 Å². The summed E-state index contributed by atoms with van der Waals surface area (Å²) in [6.45, 7) is 2.73. The number of carbonyl (C=O) groups is 1. The van der Waals surface area contributed by atoms with E-state index in [4.69, 9.17) is 21.1 Å². The molecule has 1 saturated heterocycles. The molecule has 5 rings (SSSR count). The zero-order valence-corrected chi connectivity index (χ0v) is 22.1. The van der Waals surface area contributed by atoms with Crippen molar-refractivity contribution in [2.45, 2.75) is 31.9 Å². The van der Waals surface area contributed by atoms with Crippen LogP contribution in [0.2, 0.25) is 5.02 Å². The number of nitrogens with one attached hydrogen (secondary N) is 2. The van der Waals surface area contributed by atoms with E-state index in [2.05, 4.69) is 31.6 Å². The Morgan fingerprint density at radius 1 is 1.18 bits per heavy atom. The Morgan fingerprint density at radius 3 is 2.95 bits per heavy atom. The van der Waals surface area contributed by atoms with E-state index in [1.54, 1.807) is 7.11 Å². The molecule has 3 atom stereocenters. The summed E-state index contributed by atoms with van der Waals surface area (Å²) in [6.07, 6.45) is 2.59. The first-order valence-electron chi connectivity index (χ1n) is 12.8. The lowest BCUT2D eigenvalue weighted by Crippen LogP contribution is -2.49. The quantitative estimate of drug-likeness (QED) is 0.432. The molecule has 9 nitrogen and oxygen atoms in total. The van der Waals surface area contributed by atoms with Crippen LogP contribution in [0, 0.1) is 5.92 Å². The molecule has 200 valence electrons. The Morgan fingerprint density at radius 2 is 2.08 bits per heavy atom. The molecule has 1 amide bonds. The zero-order valence-electron chi connectivity index (χ0n) is 21.3. The summed E-state index contributed by atoms with van der Waals surface area (Å²) < 4.78 is 11.4. The number of hydrogen-bond acceptors (Lipinski definition) is 8. The van der Waals surface area contributed by atoms with Crippen LogP contribution < -0.4 is 20.1 Å². The van der Waals surface area contributed by atoms with Crippen LogP contribution in [-0.2, 0) is 17.8 Å². The fourth-order valence-corrected chi connectivity index (χ4v) is 5.08. The minimum absolute atomic E-state index is 0.133. The number of carbonyl (C=O) groups excluding carboxylic acids is 1. The lowest BCUT2D eigenvalue weighted by Gasteiger charge is -2.35. The number of methoxy groups -OCH3 is 1. The van der Waals surface area contributed by atoms with E-state index < -0.39 is 12.0 Å². The Balaban J connectivity index is 1.44. The molecule has 3 unspecified atom stereocenters. The van der Waals surface area contributed by atoms with Gasteiger partial charge in [0.05, 0.1) is 31.4 Å². The second-order valence-electron chi connectivity index (χ2n) is 9.68. The van der Waals surface area contributed by atoms with Gasteiger partial charge in [-0.25, -0.2) is 9.97 Å². The highest BCUT2D eigenvalue weighted by atomic mass is 35.5. The normalized spacial score (nSPS) is 22.2. The maximum Gasteiger partial charge on any atom is 0.227 e. The first-order chi connectivity index (χ1) is 18.5. The molecule has 3 aromatic rings. The van der Waals surface area contributed by atoms with E-state index in [0.717, 1.165) is 29.1 Å². The van der Waals surface area contributed by atoms with Crippen molar-refractivity contribution in [1.82, 2.24) is 20.2 Å². The topological polar surface area (TPSA) is 109 Å². The van der Waals surface area contributed by atoms with Gasteiger partial charge in [0, 0.05) is 55.4 Å². The van der Waals surface area contributed by atoms with Gasteiger partial charge in [-0.3, -0.25) is 9.69 Å². The summed E-state index contributed by atoms with van der Waals surface area (Å²) in [4.78, 5) is 23.9. The average molecular weight is 538 g/mol. The monoisotopic (exact) mass is 537 g/mol. The lowest BCUT2D eigenvalue weighted by atomic mass is 9.93. The maximum absolute atomic E-state index is 12.9. The highest BCUT2D eigenvalue weighted by molar-refractivity contribution is 6.31. The largest absolute Gasteiger partial charge is 0.493 e. The number of aromatic nitrogens is 2. The van der Waals surface area contributed by atoms with Crippen molar-refractivity contribution in [2.24, 2.45) is 5.92 Å². The molecular formula is C28H32ClN5O4. The van der Waals surface area contributed by atoms with Crippen LogP contribution in [-0.4, -0.2) is 65.3 Å². The van der Waals surface area contributed by atoms with Crippen molar-refractivity contribution in [3.63, 3.8) is 0 Å². The molecule has 0 aliphatic carbocycles. The number of anilines is 2. The van der Waals surface area contributed by atoms with Gasteiger partial charge in [-0.05, 0) is 42.2 Å². The van der Waals surface area contributed by atoms with Gasteiger partial charge in [-0.1, -0.05) is 23.7 Å². The summed E-state index contributed by atoms with van der Waals surface area (Å²) >= 11 is 6.56. The van der Waals surface area contributed by atoms with Crippen molar-refractivity contribution in [3.8, 4) is 11.5 Å². The van der Waals surface area contributed by atoms with Gasteiger partial charge in [0.2, 0.25) is 5.91 Å². The molecule has 0 spiro atoms. The molecule has 3 N–H and O–H groups in total. The lowest BCUT2D eigenvalue weighted by molar-refractivity contribution is -0.131. The maximum atomic E-state index is 12.9. The fraction of sp³-hybridized carbons (Fsp3) is 0.393. The number of aliphatic hydroxyl groups excluding tert-OH is 1. The van der Waals surface area contributed by atoms with Crippen molar-refractivity contribution in [3.05, 3.63) is 70.6 Å². The Bertz CT molecular complexity index is 1290. The first kappa shape index (κ1) is 26.2. The number of benzene rings is 2. The number of aliphatic hydroxyl groups is 1. The van der Waals surface area contributed by atoms with E-state index in [9.17, 15) is 9.90 Å². The van der Waals surface area contributed by atoms with Crippen LogP contribution in [0.5, 0.6) is 11.5 Å². The van der Waals surface area contributed by atoms with Gasteiger partial charge in [-0.2, -0.15) is 0 Å². The first-order valence-corrected chi connectivity index (χ1v) is 13.2. The van der Waals surface area contributed by atoms with Crippen molar-refractivity contribution < 1.29 is 19.4 Å². The highest BCUT2D eigenvalue weighted by Gasteiger charge is 2.33. The predicted octanol–water partition coefficient (Wildman–Crippen LogP) is 3.55. The molecule has 1 aromatic heterocycles. The molecule has 0 radical (unpaired) electrons. The smallest absolute Gasteiger partial charge is 0.227 e. The molecule has 3 heterocycles. The van der Waals surface area contributed by atoms with Gasteiger partial charge in [0.1, 0.15) is 12.1 Å². The van der Waals surface area contributed by atoms with E-state index in [0.29, 0.717) is 67.8 Å². The van der Waals surface area contributed by atoms with Crippen LogP contribution in [0.1, 0.15) is 29.7 Å². The average Bonchev–Trinajstić information content (AvgIpc) is 2.91. The van der Waals surface area contributed by atoms with Gasteiger partial charge >= 0.3 is 0 Å².